The molecule has 0 atom stereocenters. The number of benzene rings is 1. The van der Waals surface area contributed by atoms with Crippen LogP contribution in [0, 0.1) is 5.82 Å². The number of hydrogen-bond donors (Lipinski definition) is 2. The van der Waals surface area contributed by atoms with Crippen LogP contribution in [-0.2, 0) is 9.59 Å². The lowest BCUT2D eigenvalue weighted by atomic mass is 9.97. The Kier molecular flexibility index (Phi) is 5.95. The number of anilines is 1. The molecule has 2 N–H and O–H groups in total. The van der Waals surface area contributed by atoms with Crippen molar-refractivity contribution in [1.82, 2.24) is 5.32 Å². The predicted molar refractivity (Wildman–Crippen MR) is 84.2 cm³/mol. The van der Waals surface area contributed by atoms with E-state index in [2.05, 4.69) is 16.7 Å². The zero-order valence-electron chi connectivity index (χ0n) is 12.1. The van der Waals surface area contributed by atoms with Gasteiger partial charge in [-0.1, -0.05) is 23.3 Å². The molecule has 0 unspecified atom stereocenters. The van der Waals surface area contributed by atoms with Gasteiger partial charge in [-0.05, 0) is 50.3 Å². The SMILES string of the molecule is O=C(NCCC1=CCCCC1)C(=O)Nc1ccc(Cl)cc1F. The number of allylic oxidation sites excluding steroid dienone is 1. The van der Waals surface area contributed by atoms with E-state index in [1.807, 2.05) is 0 Å². The van der Waals surface area contributed by atoms with E-state index in [4.69, 9.17) is 11.6 Å². The maximum absolute atomic E-state index is 13.5. The van der Waals surface area contributed by atoms with E-state index in [1.165, 1.54) is 30.5 Å². The van der Waals surface area contributed by atoms with E-state index in [1.54, 1.807) is 0 Å². The van der Waals surface area contributed by atoms with Crippen LogP contribution in [0.5, 0.6) is 0 Å². The zero-order valence-corrected chi connectivity index (χ0v) is 12.9. The van der Waals surface area contributed by atoms with E-state index < -0.39 is 17.6 Å². The molecule has 6 heteroatoms. The lowest BCUT2D eigenvalue weighted by Crippen LogP contribution is -2.36. The molecule has 0 aromatic heterocycles. The second-order valence-electron chi connectivity index (χ2n) is 5.19. The highest BCUT2D eigenvalue weighted by atomic mass is 35.5. The van der Waals surface area contributed by atoms with Crippen molar-refractivity contribution >= 4 is 29.1 Å². The van der Waals surface area contributed by atoms with Crippen molar-refractivity contribution in [2.45, 2.75) is 32.1 Å². The van der Waals surface area contributed by atoms with E-state index in [0.29, 0.717) is 6.54 Å². The number of carbonyl (C=O) groups excluding carboxylic acids is 2. The van der Waals surface area contributed by atoms with Gasteiger partial charge in [-0.15, -0.1) is 0 Å². The van der Waals surface area contributed by atoms with Crippen molar-refractivity contribution in [3.05, 3.63) is 40.7 Å². The van der Waals surface area contributed by atoms with Gasteiger partial charge in [0.25, 0.3) is 0 Å². The van der Waals surface area contributed by atoms with Gasteiger partial charge in [0.1, 0.15) is 5.82 Å². The monoisotopic (exact) mass is 324 g/mol. The van der Waals surface area contributed by atoms with Gasteiger partial charge in [0.05, 0.1) is 5.69 Å². The average molecular weight is 325 g/mol. The second-order valence-corrected chi connectivity index (χ2v) is 5.63. The van der Waals surface area contributed by atoms with Crippen molar-refractivity contribution in [2.24, 2.45) is 0 Å². The fraction of sp³-hybridized carbons (Fsp3) is 0.375. The molecule has 0 saturated carbocycles. The molecule has 0 aliphatic heterocycles. The van der Waals surface area contributed by atoms with Crippen molar-refractivity contribution in [3.63, 3.8) is 0 Å². The largest absolute Gasteiger partial charge is 0.348 e. The van der Waals surface area contributed by atoms with Crippen molar-refractivity contribution in [2.75, 3.05) is 11.9 Å². The normalized spacial score (nSPS) is 14.2. The first-order valence-electron chi connectivity index (χ1n) is 7.28. The summed E-state index contributed by atoms with van der Waals surface area (Å²) in [5.41, 5.74) is 1.25. The number of nitrogens with one attached hydrogen (secondary N) is 2. The molecule has 1 aliphatic rings. The minimum absolute atomic E-state index is 0.0699. The first kappa shape index (κ1) is 16.5. The molecule has 118 valence electrons. The zero-order chi connectivity index (χ0) is 15.9. The molecule has 0 bridgehead atoms. The smallest absolute Gasteiger partial charge is 0.313 e. The molecule has 0 heterocycles. The summed E-state index contributed by atoms with van der Waals surface area (Å²) in [4.78, 5) is 23.4. The van der Waals surface area contributed by atoms with Crippen LogP contribution in [0.4, 0.5) is 10.1 Å². The third kappa shape index (κ3) is 4.84. The highest BCUT2D eigenvalue weighted by molar-refractivity contribution is 6.39. The molecular formula is C16H18ClFN2O2. The molecule has 2 amide bonds. The van der Waals surface area contributed by atoms with E-state index in [9.17, 15) is 14.0 Å². The Labute approximate surface area is 133 Å². The van der Waals surface area contributed by atoms with Crippen LogP contribution < -0.4 is 10.6 Å². The molecule has 0 radical (unpaired) electrons. The number of halogens is 2. The topological polar surface area (TPSA) is 58.2 Å². The average Bonchev–Trinajstić information content (AvgIpc) is 2.51. The van der Waals surface area contributed by atoms with Gasteiger partial charge < -0.3 is 10.6 Å². The van der Waals surface area contributed by atoms with Gasteiger partial charge in [-0.2, -0.15) is 0 Å². The molecule has 1 aromatic carbocycles. The summed E-state index contributed by atoms with van der Waals surface area (Å²) in [6, 6.07) is 3.83. The van der Waals surface area contributed by atoms with Gasteiger partial charge in [0, 0.05) is 11.6 Å². The van der Waals surface area contributed by atoms with Crippen LogP contribution in [0.25, 0.3) is 0 Å². The fourth-order valence-electron chi connectivity index (χ4n) is 2.32. The Morgan fingerprint density at radius 2 is 2.05 bits per heavy atom. The molecule has 22 heavy (non-hydrogen) atoms. The number of amides is 2. The summed E-state index contributed by atoms with van der Waals surface area (Å²) in [5.74, 6) is -2.34. The molecule has 4 nitrogen and oxygen atoms in total. The first-order chi connectivity index (χ1) is 10.6. The van der Waals surface area contributed by atoms with Crippen LogP contribution in [0.15, 0.2) is 29.8 Å². The predicted octanol–water partition coefficient (Wildman–Crippen LogP) is 3.42. The molecule has 1 aliphatic carbocycles. The summed E-state index contributed by atoms with van der Waals surface area (Å²) in [5, 5.41) is 4.99. The van der Waals surface area contributed by atoms with Crippen molar-refractivity contribution in [1.29, 1.82) is 0 Å². The Balaban J connectivity index is 1.79. The van der Waals surface area contributed by atoms with Crippen molar-refractivity contribution < 1.29 is 14.0 Å². The highest BCUT2D eigenvalue weighted by Gasteiger charge is 2.15. The Bertz CT molecular complexity index is 602. The molecule has 2 rings (SSSR count). The third-order valence-corrected chi connectivity index (χ3v) is 3.74. The maximum Gasteiger partial charge on any atom is 0.313 e. The van der Waals surface area contributed by atoms with Gasteiger partial charge in [-0.3, -0.25) is 9.59 Å². The van der Waals surface area contributed by atoms with E-state index >= 15 is 0 Å². The van der Waals surface area contributed by atoms with Crippen LogP contribution in [-0.4, -0.2) is 18.4 Å². The molecule has 0 fully saturated rings. The van der Waals surface area contributed by atoms with Gasteiger partial charge in [-0.25, -0.2) is 4.39 Å². The lowest BCUT2D eigenvalue weighted by Gasteiger charge is -2.13. The van der Waals surface area contributed by atoms with Gasteiger partial charge >= 0.3 is 11.8 Å². The third-order valence-electron chi connectivity index (χ3n) is 3.50. The van der Waals surface area contributed by atoms with E-state index in [0.717, 1.165) is 25.3 Å². The first-order valence-corrected chi connectivity index (χ1v) is 7.66. The quantitative estimate of drug-likeness (QED) is 0.658. The molecule has 0 saturated heterocycles. The number of carbonyl (C=O) groups is 2. The van der Waals surface area contributed by atoms with E-state index in [-0.39, 0.29) is 10.7 Å². The summed E-state index contributed by atoms with van der Waals surface area (Å²) in [7, 11) is 0. The maximum atomic E-state index is 13.5. The number of rotatable bonds is 4. The minimum atomic E-state index is -0.890. The molecule has 1 aromatic rings. The van der Waals surface area contributed by atoms with Crippen molar-refractivity contribution in [3.8, 4) is 0 Å². The summed E-state index contributed by atoms with van der Waals surface area (Å²) >= 11 is 5.62. The summed E-state index contributed by atoms with van der Waals surface area (Å²) < 4.78 is 13.5. The van der Waals surface area contributed by atoms with Crippen LogP contribution in [0.2, 0.25) is 5.02 Å². The minimum Gasteiger partial charge on any atom is -0.348 e. The Morgan fingerprint density at radius 1 is 1.23 bits per heavy atom. The van der Waals surface area contributed by atoms with Crippen LogP contribution in [0.3, 0.4) is 0 Å². The Hall–Kier alpha value is -1.88. The highest BCUT2D eigenvalue weighted by Crippen LogP contribution is 2.20. The van der Waals surface area contributed by atoms with Crippen LogP contribution >= 0.6 is 11.6 Å². The number of hydrogen-bond acceptors (Lipinski definition) is 2. The summed E-state index contributed by atoms with van der Waals surface area (Å²) in [6.45, 7) is 0.404. The fourth-order valence-corrected chi connectivity index (χ4v) is 2.48. The van der Waals surface area contributed by atoms with Crippen LogP contribution in [0.1, 0.15) is 32.1 Å². The lowest BCUT2D eigenvalue weighted by molar-refractivity contribution is -0.136. The van der Waals surface area contributed by atoms with Gasteiger partial charge in [0.15, 0.2) is 0 Å². The Morgan fingerprint density at radius 3 is 2.73 bits per heavy atom. The summed E-state index contributed by atoms with van der Waals surface area (Å²) in [6.07, 6.45) is 7.46. The molecule has 0 spiro atoms. The van der Waals surface area contributed by atoms with Gasteiger partial charge in [0.2, 0.25) is 0 Å². The standard InChI is InChI=1S/C16H18ClFN2O2/c17-12-6-7-14(13(18)10-12)20-16(22)15(21)19-9-8-11-4-2-1-3-5-11/h4,6-7,10H,1-3,5,8-9H2,(H,19,21)(H,20,22). The second kappa shape index (κ2) is 7.94. The molecular weight excluding hydrogens is 307 g/mol.